The number of aromatic hydroxyl groups is 1. The van der Waals surface area contributed by atoms with Gasteiger partial charge in [-0.2, -0.15) is 0 Å². The highest BCUT2D eigenvalue weighted by Gasteiger charge is 2.20. The van der Waals surface area contributed by atoms with Crippen LogP contribution in [0, 0.1) is 0 Å². The number of phenolic OH excluding ortho intramolecular Hbond substituents is 1. The van der Waals surface area contributed by atoms with Crippen LogP contribution in [0.15, 0.2) is 39.2 Å². The number of ketones is 1. The van der Waals surface area contributed by atoms with E-state index >= 15 is 0 Å². The number of Topliss-reactive ketones (excluding diaryl/α,β-unsaturated/α-hetero) is 1. The van der Waals surface area contributed by atoms with Crippen LogP contribution in [0.3, 0.4) is 0 Å². The number of rotatable bonds is 2. The SMILES string of the molecule is CC(=O)c1cc2cc(C3=C(O)[SH](O)C=C3)oc2cc1O. The Morgan fingerprint density at radius 3 is 2.60 bits per heavy atom. The van der Waals surface area contributed by atoms with Crippen LogP contribution in [-0.4, -0.2) is 20.5 Å². The lowest BCUT2D eigenvalue weighted by Gasteiger charge is -2.03. The first-order chi connectivity index (χ1) is 9.47. The van der Waals surface area contributed by atoms with E-state index < -0.39 is 11.2 Å². The third kappa shape index (κ3) is 1.90. The average Bonchev–Trinajstić information content (AvgIpc) is 2.92. The van der Waals surface area contributed by atoms with Gasteiger partial charge in [-0.1, -0.05) is 11.2 Å². The number of aliphatic hydroxyl groups is 1. The fraction of sp³-hybridized carbons (Fsp3) is 0.0714. The molecule has 1 unspecified atom stereocenters. The first-order valence-corrected chi connectivity index (χ1v) is 7.21. The molecular formula is C14H12O5S. The lowest BCUT2D eigenvalue weighted by molar-refractivity contribution is 0.101. The Morgan fingerprint density at radius 2 is 2.00 bits per heavy atom. The number of carbonyl (C=O) groups excluding carboxylic acids is 1. The summed E-state index contributed by atoms with van der Waals surface area (Å²) < 4.78 is 15.1. The van der Waals surface area contributed by atoms with Gasteiger partial charge in [-0.15, -0.1) is 0 Å². The smallest absolute Gasteiger partial charge is 0.167 e. The molecule has 20 heavy (non-hydrogen) atoms. The summed E-state index contributed by atoms with van der Waals surface area (Å²) in [5.41, 5.74) is 1.04. The zero-order valence-corrected chi connectivity index (χ0v) is 11.4. The van der Waals surface area contributed by atoms with E-state index in [0.717, 1.165) is 0 Å². The summed E-state index contributed by atoms with van der Waals surface area (Å²) >= 11 is -1.65. The highest BCUT2D eigenvalue weighted by molar-refractivity contribution is 8.18. The summed E-state index contributed by atoms with van der Waals surface area (Å²) in [6.45, 7) is 1.37. The van der Waals surface area contributed by atoms with Gasteiger partial charge in [-0.25, -0.2) is 0 Å². The van der Waals surface area contributed by atoms with E-state index in [2.05, 4.69) is 0 Å². The predicted octanol–water partition coefficient (Wildman–Crippen LogP) is 3.57. The van der Waals surface area contributed by atoms with E-state index in [-0.39, 0.29) is 22.2 Å². The second-order valence-electron chi connectivity index (χ2n) is 4.47. The van der Waals surface area contributed by atoms with Gasteiger partial charge in [-0.05, 0) is 30.5 Å². The van der Waals surface area contributed by atoms with Crippen LogP contribution in [0.5, 0.6) is 5.75 Å². The Labute approximate surface area is 117 Å². The van der Waals surface area contributed by atoms with Crippen LogP contribution >= 0.6 is 11.2 Å². The molecule has 3 N–H and O–H groups in total. The van der Waals surface area contributed by atoms with Crippen LogP contribution in [0.2, 0.25) is 0 Å². The van der Waals surface area contributed by atoms with E-state index in [1.54, 1.807) is 12.1 Å². The maximum atomic E-state index is 11.4. The molecule has 1 aliphatic rings. The number of fused-ring (bicyclic) bond motifs is 1. The Balaban J connectivity index is 2.17. The zero-order valence-electron chi connectivity index (χ0n) is 10.5. The molecule has 1 aliphatic heterocycles. The van der Waals surface area contributed by atoms with Gasteiger partial charge in [0, 0.05) is 11.5 Å². The molecule has 104 valence electrons. The highest BCUT2D eigenvalue weighted by atomic mass is 32.2. The predicted molar refractivity (Wildman–Crippen MR) is 78.2 cm³/mol. The van der Waals surface area contributed by atoms with Crippen LogP contribution in [0.25, 0.3) is 16.5 Å². The molecule has 0 radical (unpaired) electrons. The Hall–Kier alpha value is -2.18. The molecule has 2 heterocycles. The lowest BCUT2D eigenvalue weighted by atomic mass is 10.1. The van der Waals surface area contributed by atoms with Crippen molar-refractivity contribution in [2.24, 2.45) is 0 Å². The summed E-state index contributed by atoms with van der Waals surface area (Å²) in [5, 5.41) is 21.6. The van der Waals surface area contributed by atoms with Gasteiger partial charge in [0.1, 0.15) is 17.1 Å². The lowest BCUT2D eigenvalue weighted by Crippen LogP contribution is -1.91. The number of carbonyl (C=O) groups is 1. The second-order valence-corrected chi connectivity index (χ2v) is 5.88. The third-order valence-corrected chi connectivity index (χ3v) is 4.23. The zero-order chi connectivity index (χ0) is 14.4. The number of furan rings is 1. The number of phenols is 1. The van der Waals surface area contributed by atoms with Crippen molar-refractivity contribution in [1.82, 2.24) is 0 Å². The molecule has 6 heteroatoms. The standard InChI is InChI=1S/C14H12O5S/c1-7(15)10-4-8-5-13(19-12(8)6-11(10)16)9-2-3-20(18)14(9)17/h2-6,16-18,20H,1H3. The normalized spacial score (nSPS) is 20.0. The minimum atomic E-state index is -1.65. The van der Waals surface area contributed by atoms with Crippen molar-refractivity contribution < 1.29 is 24.0 Å². The van der Waals surface area contributed by atoms with Crippen molar-refractivity contribution in [3.8, 4) is 5.75 Å². The monoisotopic (exact) mass is 292 g/mol. The summed E-state index contributed by atoms with van der Waals surface area (Å²) in [6, 6.07) is 4.57. The van der Waals surface area contributed by atoms with Crippen LogP contribution in [0.1, 0.15) is 23.0 Å². The number of thiol groups is 1. The maximum Gasteiger partial charge on any atom is 0.167 e. The van der Waals surface area contributed by atoms with E-state index in [9.17, 15) is 19.6 Å². The fourth-order valence-electron chi connectivity index (χ4n) is 2.10. The van der Waals surface area contributed by atoms with E-state index in [1.165, 1.54) is 24.5 Å². The number of allylic oxidation sites excluding steroid dienone is 2. The topological polar surface area (TPSA) is 90.9 Å². The second kappa shape index (κ2) is 4.43. The van der Waals surface area contributed by atoms with E-state index in [4.69, 9.17) is 4.42 Å². The van der Waals surface area contributed by atoms with Gasteiger partial charge in [0.05, 0.1) is 11.1 Å². The number of benzene rings is 1. The van der Waals surface area contributed by atoms with Crippen molar-refractivity contribution in [2.45, 2.75) is 6.92 Å². The summed E-state index contributed by atoms with van der Waals surface area (Å²) in [7, 11) is 0. The Bertz CT molecular complexity index is 784. The molecule has 5 nitrogen and oxygen atoms in total. The highest BCUT2D eigenvalue weighted by Crippen LogP contribution is 2.43. The average molecular weight is 292 g/mol. The molecule has 2 aromatic rings. The molecule has 0 saturated carbocycles. The van der Waals surface area contributed by atoms with Gasteiger partial charge < -0.3 is 19.2 Å². The van der Waals surface area contributed by atoms with Crippen molar-refractivity contribution in [3.63, 3.8) is 0 Å². The molecule has 0 bridgehead atoms. The summed E-state index contributed by atoms with van der Waals surface area (Å²) in [5.74, 6) is -0.00256. The van der Waals surface area contributed by atoms with Crippen molar-refractivity contribution >= 4 is 33.5 Å². The number of hydrogen-bond donors (Lipinski definition) is 4. The third-order valence-electron chi connectivity index (χ3n) is 3.12. The van der Waals surface area contributed by atoms with Crippen LogP contribution in [0.4, 0.5) is 0 Å². The number of hydrogen-bond acceptors (Lipinski definition) is 5. The molecule has 1 atom stereocenters. The molecule has 0 saturated heterocycles. The number of aliphatic hydroxyl groups excluding tert-OH is 1. The first kappa shape index (κ1) is 12.8. The summed E-state index contributed by atoms with van der Waals surface area (Å²) in [6.07, 6.45) is 1.59. The molecule has 1 aromatic carbocycles. The molecule has 0 aliphatic carbocycles. The van der Waals surface area contributed by atoms with Crippen LogP contribution < -0.4 is 0 Å². The first-order valence-electron chi connectivity index (χ1n) is 5.85. The van der Waals surface area contributed by atoms with Gasteiger partial charge >= 0.3 is 0 Å². The molecule has 0 amide bonds. The summed E-state index contributed by atoms with van der Waals surface area (Å²) in [4.78, 5) is 11.4. The molecular weight excluding hydrogens is 280 g/mol. The minimum absolute atomic E-state index is 0.116. The molecule has 1 aromatic heterocycles. The van der Waals surface area contributed by atoms with Gasteiger partial charge in [0.2, 0.25) is 0 Å². The van der Waals surface area contributed by atoms with Gasteiger partial charge in [0.15, 0.2) is 10.9 Å². The maximum absolute atomic E-state index is 11.4. The quantitative estimate of drug-likeness (QED) is 0.502. The molecule has 0 spiro atoms. The van der Waals surface area contributed by atoms with Crippen molar-refractivity contribution in [2.75, 3.05) is 0 Å². The van der Waals surface area contributed by atoms with Gasteiger partial charge in [-0.3, -0.25) is 4.79 Å². The molecule has 3 rings (SSSR count). The molecule has 0 fully saturated rings. The minimum Gasteiger partial charge on any atom is -0.507 e. The Kier molecular flexibility index (Phi) is 2.84. The Morgan fingerprint density at radius 1 is 1.25 bits per heavy atom. The van der Waals surface area contributed by atoms with Crippen molar-refractivity contribution in [1.29, 1.82) is 0 Å². The largest absolute Gasteiger partial charge is 0.507 e. The van der Waals surface area contributed by atoms with Gasteiger partial charge in [0.25, 0.3) is 0 Å². The fourth-order valence-corrected chi connectivity index (χ4v) is 2.96. The van der Waals surface area contributed by atoms with E-state index in [1.807, 2.05) is 0 Å². The van der Waals surface area contributed by atoms with Crippen LogP contribution in [-0.2, 0) is 0 Å². The van der Waals surface area contributed by atoms with Crippen molar-refractivity contribution in [3.05, 3.63) is 46.1 Å². The van der Waals surface area contributed by atoms with E-state index in [0.29, 0.717) is 22.3 Å².